The number of halogens is 4. The Labute approximate surface area is 150 Å². The molecule has 6 nitrogen and oxygen atoms in total. The maximum Gasteiger partial charge on any atom is 0.449 e. The van der Waals surface area contributed by atoms with E-state index >= 15 is 0 Å². The van der Waals surface area contributed by atoms with Gasteiger partial charge in [-0.1, -0.05) is 18.2 Å². The zero-order valence-electron chi connectivity index (χ0n) is 14.5. The highest BCUT2D eigenvalue weighted by atomic mass is 35.5. The molecule has 0 fully saturated rings. The fraction of sp³-hybridized carbons (Fsp3) is 0.533. The summed E-state index contributed by atoms with van der Waals surface area (Å²) in [7, 11) is 1.11. The van der Waals surface area contributed by atoms with E-state index in [0.29, 0.717) is 0 Å². The Kier molecular flexibility index (Phi) is 8.68. The van der Waals surface area contributed by atoms with Crippen LogP contribution in [0.3, 0.4) is 0 Å². The van der Waals surface area contributed by atoms with Crippen LogP contribution in [-0.4, -0.2) is 48.5 Å². The molecule has 0 radical (unpaired) electrons. The summed E-state index contributed by atoms with van der Waals surface area (Å²) in [4.78, 5) is 19.4. The maximum atomic E-state index is 13.2. The standard InChI is InChI=1S/C15H22ClF3N4O2/c1-7-21-12(15(17,18)19)23(6)11(8-10(16)9-20-5)22-13(24)25-14(2,3)4/h7,9,11H,1,5,8H2,2-4,6H3,(H,22,24)/b10-9+,21-12?. The number of hydrogen-bond acceptors (Lipinski definition) is 4. The van der Waals surface area contributed by atoms with Crippen molar-refractivity contribution in [3.8, 4) is 0 Å². The molecule has 10 heteroatoms. The van der Waals surface area contributed by atoms with E-state index in [9.17, 15) is 18.0 Å². The van der Waals surface area contributed by atoms with Crippen LogP contribution in [0.15, 0.2) is 34.0 Å². The van der Waals surface area contributed by atoms with Gasteiger partial charge in [-0.2, -0.15) is 13.2 Å². The Morgan fingerprint density at radius 1 is 1.40 bits per heavy atom. The molecule has 142 valence electrons. The average molecular weight is 383 g/mol. The Hall–Kier alpha value is -2.03. The van der Waals surface area contributed by atoms with Crippen molar-refractivity contribution in [2.24, 2.45) is 9.98 Å². The molecule has 0 aromatic heterocycles. The van der Waals surface area contributed by atoms with Crippen LogP contribution in [0.25, 0.3) is 0 Å². The van der Waals surface area contributed by atoms with Crippen LogP contribution in [0.2, 0.25) is 0 Å². The Morgan fingerprint density at radius 3 is 2.36 bits per heavy atom. The van der Waals surface area contributed by atoms with Crippen LogP contribution < -0.4 is 5.32 Å². The summed E-state index contributed by atoms with van der Waals surface area (Å²) >= 11 is 5.90. The number of nitrogens with zero attached hydrogens (tertiary/aromatic N) is 3. The van der Waals surface area contributed by atoms with E-state index in [-0.39, 0.29) is 11.5 Å². The zero-order valence-corrected chi connectivity index (χ0v) is 15.3. The van der Waals surface area contributed by atoms with Gasteiger partial charge in [0.05, 0.1) is 0 Å². The lowest BCUT2D eigenvalue weighted by atomic mass is 10.2. The minimum atomic E-state index is -4.76. The number of carbonyl (C=O) groups excluding carboxylic acids is 1. The summed E-state index contributed by atoms with van der Waals surface area (Å²) in [6.07, 6.45) is -5.11. The van der Waals surface area contributed by atoms with Crippen LogP contribution in [-0.2, 0) is 4.74 Å². The second kappa shape index (κ2) is 9.45. The highest BCUT2D eigenvalue weighted by Gasteiger charge is 2.41. The molecular formula is C15H22ClF3N4O2. The van der Waals surface area contributed by atoms with E-state index in [2.05, 4.69) is 28.6 Å². The first-order valence-electron chi connectivity index (χ1n) is 7.10. The van der Waals surface area contributed by atoms with Gasteiger partial charge in [0, 0.05) is 30.9 Å². The topological polar surface area (TPSA) is 66.3 Å². The number of alkyl carbamates (subject to hydrolysis) is 1. The molecule has 0 aliphatic rings. The van der Waals surface area contributed by atoms with Gasteiger partial charge in [0.25, 0.3) is 0 Å². The third-order valence-corrected chi connectivity index (χ3v) is 2.82. The number of rotatable bonds is 6. The SMILES string of the molecule is C=CN=C(N(C)C(C/C(Cl)=C\N=C)NC(=O)OC(C)(C)C)C(F)(F)F. The van der Waals surface area contributed by atoms with E-state index in [4.69, 9.17) is 16.3 Å². The molecule has 0 heterocycles. The van der Waals surface area contributed by atoms with Crippen LogP contribution >= 0.6 is 11.6 Å². The van der Waals surface area contributed by atoms with Crippen molar-refractivity contribution < 1.29 is 22.7 Å². The van der Waals surface area contributed by atoms with Gasteiger partial charge in [-0.05, 0) is 27.5 Å². The minimum Gasteiger partial charge on any atom is -0.444 e. The zero-order chi connectivity index (χ0) is 19.8. The second-order valence-corrected chi connectivity index (χ2v) is 6.35. The van der Waals surface area contributed by atoms with Crippen molar-refractivity contribution in [2.45, 2.75) is 45.1 Å². The largest absolute Gasteiger partial charge is 0.449 e. The summed E-state index contributed by atoms with van der Waals surface area (Å²) in [5.74, 6) is -1.25. The molecule has 0 saturated carbocycles. The molecule has 25 heavy (non-hydrogen) atoms. The molecule has 0 aliphatic carbocycles. The first kappa shape index (κ1) is 23.0. The summed E-state index contributed by atoms with van der Waals surface area (Å²) in [6, 6.07) is 0. The number of amides is 1. The van der Waals surface area contributed by atoms with E-state index in [1.54, 1.807) is 20.8 Å². The van der Waals surface area contributed by atoms with Gasteiger partial charge >= 0.3 is 12.3 Å². The average Bonchev–Trinajstić information content (AvgIpc) is 2.40. The van der Waals surface area contributed by atoms with Gasteiger partial charge in [-0.15, -0.1) is 0 Å². The Bertz CT molecular complexity index is 554. The lowest BCUT2D eigenvalue weighted by molar-refractivity contribution is -0.0702. The predicted molar refractivity (Wildman–Crippen MR) is 92.7 cm³/mol. The molecule has 1 unspecified atom stereocenters. The number of alkyl halides is 3. The lowest BCUT2D eigenvalue weighted by Crippen LogP contribution is -2.53. The third kappa shape index (κ3) is 9.13. The summed E-state index contributed by atoms with van der Waals surface area (Å²) in [5, 5.41) is 2.42. The second-order valence-electron chi connectivity index (χ2n) is 5.87. The van der Waals surface area contributed by atoms with E-state index in [1.807, 2.05) is 0 Å². The number of amidine groups is 1. The van der Waals surface area contributed by atoms with E-state index < -0.39 is 29.9 Å². The molecule has 0 aliphatic heterocycles. The smallest absolute Gasteiger partial charge is 0.444 e. The van der Waals surface area contributed by atoms with E-state index in [1.165, 1.54) is 0 Å². The number of carbonyl (C=O) groups is 1. The van der Waals surface area contributed by atoms with Gasteiger partial charge in [0.2, 0.25) is 5.84 Å². The highest BCUT2D eigenvalue weighted by Crippen LogP contribution is 2.23. The fourth-order valence-electron chi connectivity index (χ4n) is 1.66. The highest BCUT2D eigenvalue weighted by molar-refractivity contribution is 6.29. The predicted octanol–water partition coefficient (Wildman–Crippen LogP) is 4.04. The fourth-order valence-corrected chi connectivity index (χ4v) is 1.88. The summed E-state index contributed by atoms with van der Waals surface area (Å²) < 4.78 is 44.6. The molecule has 0 aromatic rings. The van der Waals surface area contributed by atoms with Crippen molar-refractivity contribution in [1.29, 1.82) is 0 Å². The van der Waals surface area contributed by atoms with Crippen LogP contribution in [0, 0.1) is 0 Å². The Balaban J connectivity index is 5.59. The minimum absolute atomic E-state index is 0.0861. The quantitative estimate of drug-likeness (QED) is 0.428. The first-order chi connectivity index (χ1) is 11.3. The van der Waals surface area contributed by atoms with Crippen LogP contribution in [0.1, 0.15) is 27.2 Å². The Morgan fingerprint density at radius 2 is 1.96 bits per heavy atom. The summed E-state index contributed by atoms with van der Waals surface area (Å²) in [6.45, 7) is 11.3. The van der Waals surface area contributed by atoms with Crippen molar-refractivity contribution in [3.63, 3.8) is 0 Å². The molecule has 0 aromatic carbocycles. The molecule has 0 spiro atoms. The monoisotopic (exact) mass is 382 g/mol. The van der Waals surface area contributed by atoms with Crippen molar-refractivity contribution in [3.05, 3.63) is 24.0 Å². The van der Waals surface area contributed by atoms with Gasteiger partial charge < -0.3 is 15.0 Å². The van der Waals surface area contributed by atoms with Gasteiger partial charge in [0.1, 0.15) is 11.8 Å². The molecule has 0 rings (SSSR count). The maximum absolute atomic E-state index is 13.2. The van der Waals surface area contributed by atoms with E-state index in [0.717, 1.165) is 24.3 Å². The van der Waals surface area contributed by atoms with Gasteiger partial charge in [0.15, 0.2) is 0 Å². The van der Waals surface area contributed by atoms with Gasteiger partial charge in [-0.25, -0.2) is 9.79 Å². The number of hydrogen-bond donors (Lipinski definition) is 1. The number of nitrogens with one attached hydrogen (secondary N) is 1. The first-order valence-corrected chi connectivity index (χ1v) is 7.48. The molecular weight excluding hydrogens is 361 g/mol. The van der Waals surface area contributed by atoms with Crippen molar-refractivity contribution in [1.82, 2.24) is 10.2 Å². The number of aliphatic imine (C=N–C) groups is 2. The van der Waals surface area contributed by atoms with Crippen LogP contribution in [0.5, 0.6) is 0 Å². The molecule has 1 amide bonds. The summed E-state index contributed by atoms with van der Waals surface area (Å²) in [5.41, 5.74) is -0.822. The van der Waals surface area contributed by atoms with Crippen molar-refractivity contribution in [2.75, 3.05) is 7.05 Å². The lowest BCUT2D eigenvalue weighted by Gasteiger charge is -2.32. The molecule has 1 atom stereocenters. The van der Waals surface area contributed by atoms with Crippen molar-refractivity contribution >= 4 is 30.2 Å². The van der Waals surface area contributed by atoms with Gasteiger partial charge in [-0.3, -0.25) is 4.99 Å². The molecule has 0 bridgehead atoms. The number of ether oxygens (including phenoxy) is 1. The third-order valence-electron chi connectivity index (χ3n) is 2.57. The normalized spacial score (nSPS) is 14.6. The van der Waals surface area contributed by atoms with Crippen LogP contribution in [0.4, 0.5) is 18.0 Å². The molecule has 1 N–H and O–H groups in total. The molecule has 0 saturated heterocycles.